The van der Waals surface area contributed by atoms with Gasteiger partial charge in [-0.1, -0.05) is 0 Å². The van der Waals surface area contributed by atoms with Gasteiger partial charge >= 0.3 is 16.4 Å². The van der Waals surface area contributed by atoms with E-state index in [9.17, 15) is 16.8 Å². The van der Waals surface area contributed by atoms with E-state index >= 15 is 0 Å². The summed E-state index contributed by atoms with van der Waals surface area (Å²) in [5.41, 5.74) is 0. The van der Waals surface area contributed by atoms with E-state index in [1.807, 2.05) is 0 Å². The van der Waals surface area contributed by atoms with Gasteiger partial charge in [0, 0.05) is 0 Å². The second kappa shape index (κ2) is 3.70. The summed E-state index contributed by atoms with van der Waals surface area (Å²) >= 11 is 0. The van der Waals surface area contributed by atoms with Crippen molar-refractivity contribution in [1.29, 1.82) is 5.26 Å². The summed E-state index contributed by atoms with van der Waals surface area (Å²) in [4.78, 5) is 0. The zero-order valence-corrected chi connectivity index (χ0v) is 7.55. The molecule has 12 heavy (non-hydrogen) atoms. The Hall–Kier alpha value is -0.850. The molecule has 0 aromatic heterocycles. The van der Waals surface area contributed by atoms with Gasteiger partial charge in [-0.15, -0.1) is 5.26 Å². The number of nitrogens with zero attached hydrogens (tertiary/aromatic N) is 1. The van der Waals surface area contributed by atoms with Crippen LogP contribution in [0.2, 0.25) is 0 Å². The molecule has 0 bridgehead atoms. The molecule has 0 N–H and O–H groups in total. The second-order valence-corrected chi connectivity index (χ2v) is 5.25. The van der Waals surface area contributed by atoms with E-state index < -0.39 is 25.3 Å². The lowest BCUT2D eigenvalue weighted by Crippen LogP contribution is -2.18. The van der Waals surface area contributed by atoms with Crippen LogP contribution in [0.4, 0.5) is 0 Å². The normalized spacial score (nSPS) is 12.0. The third-order valence-corrected chi connectivity index (χ3v) is 3.85. The first-order valence-corrected chi connectivity index (χ1v) is 5.57. The van der Waals surface area contributed by atoms with Crippen molar-refractivity contribution >= 4 is 20.2 Å². The van der Waals surface area contributed by atoms with Crippen LogP contribution in [0.5, 0.6) is 0 Å². The average Bonchev–Trinajstić information content (AvgIpc) is 1.85. The molecule has 0 aliphatic heterocycles. The van der Waals surface area contributed by atoms with Crippen LogP contribution in [0.25, 0.3) is 0 Å². The summed E-state index contributed by atoms with van der Waals surface area (Å²) in [7, 11) is -7.74. The number of rotatable bonds is 4. The molecule has 0 aliphatic carbocycles. The highest BCUT2D eigenvalue weighted by molar-refractivity contribution is 8.03. The SMILES string of the molecule is COS(=O)(=O)CS(=O)(=O)OC#N. The predicted octanol–water partition coefficient (Wildman–Crippen LogP) is -1.25. The number of nitriles is 1. The molecule has 0 heterocycles. The van der Waals surface area contributed by atoms with E-state index in [4.69, 9.17) is 5.26 Å². The Balaban J connectivity index is 4.61. The zero-order chi connectivity index (χ0) is 9.83. The van der Waals surface area contributed by atoms with Gasteiger partial charge in [-0.2, -0.15) is 16.8 Å². The van der Waals surface area contributed by atoms with E-state index in [0.29, 0.717) is 0 Å². The first kappa shape index (κ1) is 11.2. The minimum absolute atomic E-state index is 0.803. The highest BCUT2D eigenvalue weighted by atomic mass is 32.3. The van der Waals surface area contributed by atoms with Crippen molar-refractivity contribution in [2.45, 2.75) is 0 Å². The van der Waals surface area contributed by atoms with Gasteiger partial charge in [0.05, 0.1) is 7.11 Å². The molecular weight excluding hydrogens is 210 g/mol. The van der Waals surface area contributed by atoms with Crippen molar-refractivity contribution in [1.82, 2.24) is 0 Å². The minimum atomic E-state index is -4.38. The molecule has 0 aromatic rings. The van der Waals surface area contributed by atoms with Gasteiger partial charge in [0.1, 0.15) is 0 Å². The van der Waals surface area contributed by atoms with Crippen LogP contribution in [-0.2, 0) is 28.6 Å². The first-order chi connectivity index (χ1) is 5.33. The van der Waals surface area contributed by atoms with Gasteiger partial charge in [0.2, 0.25) is 5.08 Å². The number of hydrogen-bond acceptors (Lipinski definition) is 7. The van der Waals surface area contributed by atoms with Gasteiger partial charge < -0.3 is 4.18 Å². The molecule has 7 nitrogen and oxygen atoms in total. The smallest absolute Gasteiger partial charge is 0.301 e. The van der Waals surface area contributed by atoms with E-state index in [2.05, 4.69) is 8.37 Å². The van der Waals surface area contributed by atoms with Crippen LogP contribution in [0.1, 0.15) is 0 Å². The standard InChI is InChI=1S/C3H5NO6S2/c1-9-11(5,6)3-12(7,8)10-2-4/h3H2,1H3. The fraction of sp³-hybridized carbons (Fsp3) is 0.667. The lowest BCUT2D eigenvalue weighted by atomic mass is 11.6. The maximum absolute atomic E-state index is 10.5. The second-order valence-electron chi connectivity index (χ2n) is 1.57. The van der Waals surface area contributed by atoms with E-state index in [-0.39, 0.29) is 0 Å². The maximum Gasteiger partial charge on any atom is 0.335 e. The van der Waals surface area contributed by atoms with Gasteiger partial charge in [0.15, 0.2) is 0 Å². The van der Waals surface area contributed by atoms with Crippen molar-refractivity contribution in [3.63, 3.8) is 0 Å². The summed E-state index contributed by atoms with van der Waals surface area (Å²) in [6.07, 6.45) is 0.847. The fourth-order valence-corrected chi connectivity index (χ4v) is 2.41. The van der Waals surface area contributed by atoms with Crippen LogP contribution in [0.3, 0.4) is 0 Å². The molecule has 0 aromatic carbocycles. The zero-order valence-electron chi connectivity index (χ0n) is 5.92. The monoisotopic (exact) mass is 215 g/mol. The molecular formula is C3H5NO6S2. The third-order valence-electron chi connectivity index (χ3n) is 0.707. The van der Waals surface area contributed by atoms with Crippen molar-refractivity contribution in [2.24, 2.45) is 0 Å². The van der Waals surface area contributed by atoms with Crippen LogP contribution < -0.4 is 0 Å². The highest BCUT2D eigenvalue weighted by Gasteiger charge is 2.23. The Labute approximate surface area is 69.8 Å². The molecule has 0 fully saturated rings. The Morgan fingerprint density at radius 3 is 2.08 bits per heavy atom. The topological polar surface area (TPSA) is 111 Å². The first-order valence-electron chi connectivity index (χ1n) is 2.41. The molecule has 0 unspecified atom stereocenters. The Morgan fingerprint density at radius 1 is 1.25 bits per heavy atom. The van der Waals surface area contributed by atoms with Crippen molar-refractivity contribution in [3.05, 3.63) is 0 Å². The summed E-state index contributed by atoms with van der Waals surface area (Å²) in [6.45, 7) is 0. The van der Waals surface area contributed by atoms with Gasteiger partial charge in [0.25, 0.3) is 10.1 Å². The van der Waals surface area contributed by atoms with E-state index in [0.717, 1.165) is 13.4 Å². The largest absolute Gasteiger partial charge is 0.335 e. The lowest BCUT2D eigenvalue weighted by molar-refractivity contribution is 0.398. The van der Waals surface area contributed by atoms with E-state index in [1.165, 1.54) is 0 Å². The Kier molecular flexibility index (Phi) is 3.44. The van der Waals surface area contributed by atoms with E-state index in [1.54, 1.807) is 0 Å². The predicted molar refractivity (Wildman–Crippen MR) is 36.4 cm³/mol. The van der Waals surface area contributed by atoms with Crippen LogP contribution in [-0.4, -0.2) is 29.0 Å². The summed E-state index contributed by atoms with van der Waals surface area (Å²) in [5, 5.41) is 6.41. The van der Waals surface area contributed by atoms with Crippen LogP contribution in [0.15, 0.2) is 0 Å². The summed E-state index contributed by atoms with van der Waals surface area (Å²) < 4.78 is 49.3. The van der Waals surface area contributed by atoms with Crippen molar-refractivity contribution < 1.29 is 25.2 Å². The van der Waals surface area contributed by atoms with Crippen LogP contribution >= 0.6 is 0 Å². The van der Waals surface area contributed by atoms with Gasteiger partial charge in [-0.3, -0.25) is 4.18 Å². The molecule has 9 heteroatoms. The van der Waals surface area contributed by atoms with Crippen LogP contribution in [0, 0.1) is 11.5 Å². The molecule has 0 saturated heterocycles. The highest BCUT2D eigenvalue weighted by Crippen LogP contribution is 1.99. The molecule has 0 amide bonds. The Morgan fingerprint density at radius 2 is 1.75 bits per heavy atom. The maximum atomic E-state index is 10.5. The molecule has 0 aliphatic rings. The number of hydrogen-bond donors (Lipinski definition) is 0. The quantitative estimate of drug-likeness (QED) is 0.425. The molecule has 0 radical (unpaired) electrons. The van der Waals surface area contributed by atoms with Gasteiger partial charge in [-0.05, 0) is 0 Å². The molecule has 0 spiro atoms. The molecule has 0 atom stereocenters. The third kappa shape index (κ3) is 4.12. The summed E-state index contributed by atoms with van der Waals surface area (Å²) in [5.74, 6) is 0. The molecule has 0 rings (SSSR count). The minimum Gasteiger partial charge on any atom is -0.301 e. The lowest BCUT2D eigenvalue weighted by Gasteiger charge is -1.98. The average molecular weight is 215 g/mol. The van der Waals surface area contributed by atoms with Crippen molar-refractivity contribution in [2.75, 3.05) is 12.2 Å². The Bertz CT molecular complexity index is 372. The van der Waals surface area contributed by atoms with Gasteiger partial charge in [-0.25, -0.2) is 0 Å². The van der Waals surface area contributed by atoms with Crippen molar-refractivity contribution in [3.8, 4) is 6.26 Å². The molecule has 70 valence electrons. The summed E-state index contributed by atoms with van der Waals surface area (Å²) in [6, 6.07) is 0. The molecule has 0 saturated carbocycles. The fourth-order valence-electron chi connectivity index (χ4n) is 0.306.